The van der Waals surface area contributed by atoms with Gasteiger partial charge in [-0.15, -0.1) is 0 Å². The Morgan fingerprint density at radius 1 is 1.09 bits per heavy atom. The topological polar surface area (TPSA) is 84.9 Å². The molecule has 1 amide bonds. The Hall–Kier alpha value is -2.79. The highest BCUT2D eigenvalue weighted by Crippen LogP contribution is 2.33. The zero-order chi connectivity index (χ0) is 24.2. The standard InChI is InChI=1S/C22H25F3N2O5S/c1-31-19-8-3-5-16(20(19)32-2)14-26-21(28)15-9-11-27(12-10-15)33(29,30)18-7-4-6-17(13-18)22(23,24)25/h3-8,13,15H,9-12,14H2,1-2H3,(H,26,28). The summed E-state index contributed by atoms with van der Waals surface area (Å²) in [5, 5.41) is 2.84. The third-order valence-corrected chi connectivity index (χ3v) is 7.46. The number of halogens is 3. The van der Waals surface area contributed by atoms with Crippen molar-refractivity contribution >= 4 is 15.9 Å². The van der Waals surface area contributed by atoms with Gasteiger partial charge in [0.1, 0.15) is 0 Å². The second-order valence-corrected chi connectivity index (χ2v) is 9.51. The summed E-state index contributed by atoms with van der Waals surface area (Å²) < 4.78 is 76.2. The molecule has 0 aromatic heterocycles. The number of methoxy groups -OCH3 is 2. The third-order valence-electron chi connectivity index (χ3n) is 5.56. The van der Waals surface area contributed by atoms with Gasteiger partial charge in [-0.3, -0.25) is 4.79 Å². The number of carbonyl (C=O) groups is 1. The van der Waals surface area contributed by atoms with Crippen LogP contribution in [0.4, 0.5) is 13.2 Å². The summed E-state index contributed by atoms with van der Waals surface area (Å²) in [6.45, 7) is 0.292. The van der Waals surface area contributed by atoms with Gasteiger partial charge in [0.05, 0.1) is 24.7 Å². The van der Waals surface area contributed by atoms with Crippen LogP contribution in [0.25, 0.3) is 0 Å². The van der Waals surface area contributed by atoms with Crippen molar-refractivity contribution < 1.29 is 35.9 Å². The van der Waals surface area contributed by atoms with Gasteiger partial charge in [0.2, 0.25) is 15.9 Å². The monoisotopic (exact) mass is 486 g/mol. The van der Waals surface area contributed by atoms with E-state index in [1.165, 1.54) is 14.2 Å². The lowest BCUT2D eigenvalue weighted by Gasteiger charge is -2.30. The van der Waals surface area contributed by atoms with Crippen LogP contribution >= 0.6 is 0 Å². The van der Waals surface area contributed by atoms with E-state index in [9.17, 15) is 26.4 Å². The van der Waals surface area contributed by atoms with E-state index in [-0.39, 0.29) is 38.4 Å². The minimum absolute atomic E-state index is 0.0408. The Bertz CT molecular complexity index is 1100. The van der Waals surface area contributed by atoms with Crippen molar-refractivity contribution in [3.05, 3.63) is 53.6 Å². The summed E-state index contributed by atoms with van der Waals surface area (Å²) >= 11 is 0. The quantitative estimate of drug-likeness (QED) is 0.648. The normalized spacial score (nSPS) is 15.8. The minimum Gasteiger partial charge on any atom is -0.493 e. The largest absolute Gasteiger partial charge is 0.493 e. The predicted molar refractivity (Wildman–Crippen MR) is 114 cm³/mol. The summed E-state index contributed by atoms with van der Waals surface area (Å²) in [5.41, 5.74) is -0.291. The Morgan fingerprint density at radius 2 is 1.76 bits per heavy atom. The highest BCUT2D eigenvalue weighted by molar-refractivity contribution is 7.89. The minimum atomic E-state index is -4.64. The lowest BCUT2D eigenvalue weighted by atomic mass is 9.97. The summed E-state index contributed by atoms with van der Waals surface area (Å²) in [5.74, 6) is 0.421. The highest BCUT2D eigenvalue weighted by atomic mass is 32.2. The van der Waals surface area contributed by atoms with E-state index in [0.717, 1.165) is 28.1 Å². The average Bonchev–Trinajstić information content (AvgIpc) is 2.81. The number of nitrogens with zero attached hydrogens (tertiary/aromatic N) is 1. The zero-order valence-corrected chi connectivity index (χ0v) is 19.0. The Labute approximate surface area is 190 Å². The Kier molecular flexibility index (Phi) is 7.53. The summed E-state index contributed by atoms with van der Waals surface area (Å²) in [7, 11) is -1.08. The molecule has 1 aliphatic rings. The molecule has 1 heterocycles. The molecule has 2 aromatic rings. The molecule has 1 aliphatic heterocycles. The van der Waals surface area contributed by atoms with Crippen molar-refractivity contribution in [1.82, 2.24) is 9.62 Å². The molecule has 0 bridgehead atoms. The number of sulfonamides is 1. The van der Waals surface area contributed by atoms with Crippen LogP contribution in [0.15, 0.2) is 47.4 Å². The van der Waals surface area contributed by atoms with E-state index < -0.39 is 32.6 Å². The van der Waals surface area contributed by atoms with E-state index in [2.05, 4.69) is 5.32 Å². The van der Waals surface area contributed by atoms with Gasteiger partial charge in [0.15, 0.2) is 11.5 Å². The van der Waals surface area contributed by atoms with Crippen molar-refractivity contribution in [3.63, 3.8) is 0 Å². The molecule has 1 N–H and O–H groups in total. The number of rotatable bonds is 7. The van der Waals surface area contributed by atoms with Crippen LogP contribution in [0.3, 0.4) is 0 Å². The molecule has 0 atom stereocenters. The van der Waals surface area contributed by atoms with Gasteiger partial charge in [-0.2, -0.15) is 17.5 Å². The SMILES string of the molecule is COc1cccc(CNC(=O)C2CCN(S(=O)(=O)c3cccc(C(F)(F)F)c3)CC2)c1OC. The summed E-state index contributed by atoms with van der Waals surface area (Å²) in [6.07, 6.45) is -4.11. The van der Waals surface area contributed by atoms with E-state index in [0.29, 0.717) is 17.6 Å². The van der Waals surface area contributed by atoms with E-state index >= 15 is 0 Å². The fourth-order valence-corrected chi connectivity index (χ4v) is 5.28. The maximum absolute atomic E-state index is 13.0. The van der Waals surface area contributed by atoms with Gasteiger partial charge in [0, 0.05) is 31.1 Å². The molecule has 0 spiro atoms. The third kappa shape index (κ3) is 5.59. The van der Waals surface area contributed by atoms with Crippen LogP contribution in [0, 0.1) is 5.92 Å². The van der Waals surface area contributed by atoms with Crippen molar-refractivity contribution in [1.29, 1.82) is 0 Å². The number of ether oxygens (including phenoxy) is 2. The van der Waals surface area contributed by atoms with Crippen molar-refractivity contribution in [2.45, 2.75) is 30.5 Å². The maximum atomic E-state index is 13.0. The second kappa shape index (κ2) is 10.0. The van der Waals surface area contributed by atoms with Gasteiger partial charge >= 0.3 is 6.18 Å². The number of benzene rings is 2. The molecule has 7 nitrogen and oxygen atoms in total. The molecular formula is C22H25F3N2O5S. The van der Waals surface area contributed by atoms with Crippen LogP contribution in [-0.2, 0) is 27.5 Å². The molecule has 1 fully saturated rings. The summed E-state index contributed by atoms with van der Waals surface area (Å²) in [4.78, 5) is 12.2. The molecule has 0 unspecified atom stereocenters. The maximum Gasteiger partial charge on any atom is 0.416 e. The molecule has 11 heteroatoms. The van der Waals surface area contributed by atoms with Crippen molar-refractivity contribution in [3.8, 4) is 11.5 Å². The molecule has 180 valence electrons. The van der Waals surface area contributed by atoms with Crippen LogP contribution in [0.1, 0.15) is 24.0 Å². The van der Waals surface area contributed by atoms with Gasteiger partial charge in [-0.05, 0) is 37.1 Å². The van der Waals surface area contributed by atoms with Gasteiger partial charge in [-0.25, -0.2) is 8.42 Å². The first kappa shape index (κ1) is 24.8. The highest BCUT2D eigenvalue weighted by Gasteiger charge is 2.35. The van der Waals surface area contributed by atoms with Gasteiger partial charge in [0.25, 0.3) is 0 Å². The number of para-hydroxylation sites is 1. The number of hydrogen-bond donors (Lipinski definition) is 1. The first-order valence-electron chi connectivity index (χ1n) is 10.2. The number of carbonyl (C=O) groups excluding carboxylic acids is 1. The lowest BCUT2D eigenvalue weighted by molar-refractivity contribution is -0.137. The average molecular weight is 487 g/mol. The number of alkyl halides is 3. The number of hydrogen-bond acceptors (Lipinski definition) is 5. The number of nitrogens with one attached hydrogen (secondary N) is 1. The molecule has 3 rings (SSSR count). The molecule has 0 saturated carbocycles. The summed E-state index contributed by atoms with van der Waals surface area (Å²) in [6, 6.07) is 8.99. The molecule has 0 aliphatic carbocycles. The van der Waals surface area contributed by atoms with E-state index in [1.807, 2.05) is 0 Å². The van der Waals surface area contributed by atoms with Gasteiger partial charge < -0.3 is 14.8 Å². The molecule has 0 radical (unpaired) electrons. The predicted octanol–water partition coefficient (Wildman–Crippen LogP) is 3.44. The van der Waals surface area contributed by atoms with Crippen molar-refractivity contribution in [2.75, 3.05) is 27.3 Å². The van der Waals surface area contributed by atoms with Crippen LogP contribution < -0.4 is 14.8 Å². The van der Waals surface area contributed by atoms with E-state index in [1.54, 1.807) is 18.2 Å². The molecule has 33 heavy (non-hydrogen) atoms. The molecular weight excluding hydrogens is 461 g/mol. The smallest absolute Gasteiger partial charge is 0.416 e. The van der Waals surface area contributed by atoms with Crippen LogP contribution in [0.5, 0.6) is 11.5 Å². The number of piperidine rings is 1. The Balaban J connectivity index is 1.61. The van der Waals surface area contributed by atoms with Crippen LogP contribution in [0.2, 0.25) is 0 Å². The Morgan fingerprint density at radius 3 is 2.36 bits per heavy atom. The van der Waals surface area contributed by atoms with Crippen LogP contribution in [-0.4, -0.2) is 45.9 Å². The van der Waals surface area contributed by atoms with E-state index in [4.69, 9.17) is 9.47 Å². The number of amides is 1. The fourth-order valence-electron chi connectivity index (χ4n) is 3.76. The van der Waals surface area contributed by atoms with Crippen molar-refractivity contribution in [2.24, 2.45) is 5.92 Å². The lowest BCUT2D eigenvalue weighted by Crippen LogP contribution is -2.42. The van der Waals surface area contributed by atoms with Gasteiger partial charge in [-0.1, -0.05) is 18.2 Å². The first-order valence-corrected chi connectivity index (χ1v) is 11.7. The molecule has 1 saturated heterocycles. The first-order chi connectivity index (χ1) is 15.6. The molecule has 2 aromatic carbocycles. The second-order valence-electron chi connectivity index (χ2n) is 7.57. The fraction of sp³-hybridized carbons (Fsp3) is 0.409. The zero-order valence-electron chi connectivity index (χ0n) is 18.2.